The molecule has 1 aliphatic heterocycles. The molecule has 1 amide bonds. The van der Waals surface area contributed by atoms with Crippen molar-refractivity contribution >= 4 is 18.3 Å². The molecule has 1 saturated carbocycles. The molecular formula is C13H25ClN2O3. The molecule has 0 bridgehead atoms. The molecule has 2 fully saturated rings. The maximum Gasteiger partial charge on any atom is 0.233 e. The van der Waals surface area contributed by atoms with E-state index >= 15 is 0 Å². The molecule has 0 aromatic carbocycles. The number of aliphatic hydroxyl groups is 1. The number of halogens is 1. The third kappa shape index (κ3) is 5.65. The summed E-state index contributed by atoms with van der Waals surface area (Å²) in [6.45, 7) is 2.53. The van der Waals surface area contributed by atoms with Crippen LogP contribution in [0.1, 0.15) is 32.1 Å². The number of ether oxygens (including phenoxy) is 1. The minimum Gasteiger partial charge on any atom is -0.393 e. The maximum absolute atomic E-state index is 11.6. The van der Waals surface area contributed by atoms with Crippen molar-refractivity contribution in [3.05, 3.63) is 0 Å². The summed E-state index contributed by atoms with van der Waals surface area (Å²) in [5.74, 6) is 0.249. The molecule has 3 atom stereocenters. The molecular weight excluding hydrogens is 268 g/mol. The van der Waals surface area contributed by atoms with Gasteiger partial charge in [0.2, 0.25) is 5.91 Å². The van der Waals surface area contributed by atoms with Crippen molar-refractivity contribution in [3.8, 4) is 0 Å². The number of hydrogen-bond acceptors (Lipinski definition) is 4. The average molecular weight is 293 g/mol. The summed E-state index contributed by atoms with van der Waals surface area (Å²) in [6.07, 6.45) is 5.21. The molecule has 3 N–H and O–H groups in total. The Morgan fingerprint density at radius 3 is 2.68 bits per heavy atom. The molecule has 1 heterocycles. The maximum atomic E-state index is 11.6. The number of carbonyl (C=O) groups excluding carboxylic acids is 1. The van der Waals surface area contributed by atoms with E-state index in [1.165, 1.54) is 0 Å². The molecule has 5 nitrogen and oxygen atoms in total. The van der Waals surface area contributed by atoms with Gasteiger partial charge in [-0.1, -0.05) is 6.42 Å². The van der Waals surface area contributed by atoms with Crippen LogP contribution in [0.3, 0.4) is 0 Å². The van der Waals surface area contributed by atoms with Gasteiger partial charge in [-0.25, -0.2) is 0 Å². The first-order valence-electron chi connectivity index (χ1n) is 7.03. The van der Waals surface area contributed by atoms with E-state index in [2.05, 4.69) is 10.6 Å². The van der Waals surface area contributed by atoms with Crippen molar-refractivity contribution in [2.24, 2.45) is 5.92 Å². The highest BCUT2D eigenvalue weighted by atomic mass is 35.5. The molecule has 0 spiro atoms. The average Bonchev–Trinajstić information content (AvgIpc) is 2.98. The van der Waals surface area contributed by atoms with Crippen molar-refractivity contribution in [3.63, 3.8) is 0 Å². The van der Waals surface area contributed by atoms with Crippen LogP contribution in [0.4, 0.5) is 0 Å². The van der Waals surface area contributed by atoms with Crippen LogP contribution >= 0.6 is 12.4 Å². The Kier molecular flexibility index (Phi) is 7.68. The molecule has 2 rings (SSSR count). The second-order valence-electron chi connectivity index (χ2n) is 5.33. The lowest BCUT2D eigenvalue weighted by molar-refractivity contribution is -0.120. The van der Waals surface area contributed by atoms with Gasteiger partial charge in [0.1, 0.15) is 0 Å². The first-order valence-corrected chi connectivity index (χ1v) is 7.03. The van der Waals surface area contributed by atoms with Gasteiger partial charge in [0.15, 0.2) is 0 Å². The molecule has 19 heavy (non-hydrogen) atoms. The smallest absolute Gasteiger partial charge is 0.233 e. The zero-order valence-electron chi connectivity index (χ0n) is 11.3. The van der Waals surface area contributed by atoms with Gasteiger partial charge >= 0.3 is 0 Å². The number of carbonyl (C=O) groups is 1. The van der Waals surface area contributed by atoms with Crippen LogP contribution in [0.15, 0.2) is 0 Å². The predicted molar refractivity (Wildman–Crippen MR) is 75.4 cm³/mol. The van der Waals surface area contributed by atoms with Gasteiger partial charge in [-0.2, -0.15) is 0 Å². The van der Waals surface area contributed by atoms with Gasteiger partial charge in [0, 0.05) is 25.6 Å². The lowest BCUT2D eigenvalue weighted by atomic mass is 10.1. The van der Waals surface area contributed by atoms with Crippen LogP contribution in [0.2, 0.25) is 0 Å². The van der Waals surface area contributed by atoms with Gasteiger partial charge < -0.3 is 20.5 Å². The first-order chi connectivity index (χ1) is 8.75. The van der Waals surface area contributed by atoms with Crippen LogP contribution in [0.25, 0.3) is 0 Å². The number of hydrogen-bond donors (Lipinski definition) is 3. The summed E-state index contributed by atoms with van der Waals surface area (Å²) in [6, 6.07) is 0. The zero-order chi connectivity index (χ0) is 12.8. The number of rotatable bonds is 6. The highest BCUT2D eigenvalue weighted by Crippen LogP contribution is 2.24. The summed E-state index contributed by atoms with van der Waals surface area (Å²) >= 11 is 0. The van der Waals surface area contributed by atoms with E-state index < -0.39 is 0 Å². The van der Waals surface area contributed by atoms with Crippen LogP contribution in [0, 0.1) is 5.92 Å². The Morgan fingerprint density at radius 1 is 1.21 bits per heavy atom. The van der Waals surface area contributed by atoms with Gasteiger partial charge in [-0.15, -0.1) is 12.4 Å². The van der Waals surface area contributed by atoms with Crippen molar-refractivity contribution in [2.75, 3.05) is 26.2 Å². The summed E-state index contributed by atoms with van der Waals surface area (Å²) in [4.78, 5) is 11.6. The van der Waals surface area contributed by atoms with Crippen molar-refractivity contribution in [1.29, 1.82) is 0 Å². The summed E-state index contributed by atoms with van der Waals surface area (Å²) in [7, 11) is 0. The quantitative estimate of drug-likeness (QED) is 0.665. The highest BCUT2D eigenvalue weighted by molar-refractivity contribution is 5.85. The van der Waals surface area contributed by atoms with E-state index in [0.717, 1.165) is 45.3 Å². The largest absolute Gasteiger partial charge is 0.393 e. The van der Waals surface area contributed by atoms with Crippen LogP contribution in [-0.4, -0.2) is 49.5 Å². The Balaban J connectivity index is 0.00000180. The Bertz CT molecular complexity index is 273. The van der Waals surface area contributed by atoms with Crippen molar-refractivity contribution in [1.82, 2.24) is 10.6 Å². The number of nitrogens with one attached hydrogen (secondary N) is 2. The van der Waals surface area contributed by atoms with Crippen molar-refractivity contribution < 1.29 is 14.6 Å². The molecule has 1 aliphatic carbocycles. The SMILES string of the molecule is Cl.O=C(CNCC1CCCO1)NCC1CCCC1O. The Morgan fingerprint density at radius 2 is 2.05 bits per heavy atom. The third-order valence-corrected chi connectivity index (χ3v) is 3.86. The fourth-order valence-corrected chi connectivity index (χ4v) is 2.71. The molecule has 3 unspecified atom stereocenters. The van der Waals surface area contributed by atoms with E-state index in [0.29, 0.717) is 13.1 Å². The minimum atomic E-state index is -0.231. The minimum absolute atomic E-state index is 0. The molecule has 0 radical (unpaired) electrons. The number of aliphatic hydroxyl groups excluding tert-OH is 1. The van der Waals surface area contributed by atoms with Crippen LogP contribution in [0.5, 0.6) is 0 Å². The predicted octanol–water partition coefficient (Wildman–Crippen LogP) is 0.454. The van der Waals surface area contributed by atoms with Crippen LogP contribution in [-0.2, 0) is 9.53 Å². The Hall–Kier alpha value is -0.360. The molecule has 6 heteroatoms. The van der Waals surface area contributed by atoms with E-state index in [1.54, 1.807) is 0 Å². The fourth-order valence-electron chi connectivity index (χ4n) is 2.71. The molecule has 2 aliphatic rings. The summed E-state index contributed by atoms with van der Waals surface area (Å²) in [5.41, 5.74) is 0. The summed E-state index contributed by atoms with van der Waals surface area (Å²) in [5, 5.41) is 15.6. The highest BCUT2D eigenvalue weighted by Gasteiger charge is 2.25. The van der Waals surface area contributed by atoms with E-state index in [-0.39, 0.29) is 36.4 Å². The lowest BCUT2D eigenvalue weighted by Gasteiger charge is -2.15. The molecule has 0 aromatic heterocycles. The standard InChI is InChI=1S/C13H24N2O3.ClH/c16-12-5-1-3-10(12)7-15-13(17)9-14-8-11-4-2-6-18-11;/h10-12,14,16H,1-9H2,(H,15,17);1H. The van der Waals surface area contributed by atoms with Gasteiger partial charge in [-0.3, -0.25) is 4.79 Å². The summed E-state index contributed by atoms with van der Waals surface area (Å²) < 4.78 is 5.46. The zero-order valence-corrected chi connectivity index (χ0v) is 12.1. The normalized spacial score (nSPS) is 30.1. The third-order valence-electron chi connectivity index (χ3n) is 3.86. The van der Waals surface area contributed by atoms with E-state index in [1.807, 2.05) is 0 Å². The Labute approximate surface area is 120 Å². The fraction of sp³-hybridized carbons (Fsp3) is 0.923. The van der Waals surface area contributed by atoms with Gasteiger partial charge in [0.25, 0.3) is 0 Å². The lowest BCUT2D eigenvalue weighted by Crippen LogP contribution is -2.40. The second-order valence-corrected chi connectivity index (χ2v) is 5.33. The molecule has 1 saturated heterocycles. The number of amides is 1. The molecule has 0 aromatic rings. The topological polar surface area (TPSA) is 70.6 Å². The van der Waals surface area contributed by atoms with Crippen molar-refractivity contribution in [2.45, 2.75) is 44.3 Å². The monoisotopic (exact) mass is 292 g/mol. The van der Waals surface area contributed by atoms with E-state index in [9.17, 15) is 9.90 Å². The van der Waals surface area contributed by atoms with E-state index in [4.69, 9.17) is 4.74 Å². The first kappa shape index (κ1) is 16.7. The van der Waals surface area contributed by atoms with Gasteiger partial charge in [0.05, 0.1) is 18.8 Å². The molecule has 112 valence electrons. The second kappa shape index (κ2) is 8.74. The van der Waals surface area contributed by atoms with Crippen LogP contribution < -0.4 is 10.6 Å². The van der Waals surface area contributed by atoms with Gasteiger partial charge in [-0.05, 0) is 25.7 Å².